The van der Waals surface area contributed by atoms with E-state index in [1.165, 1.54) is 0 Å². The molecule has 0 radical (unpaired) electrons. The fraction of sp³-hybridized carbons (Fsp3) is 0.385. The van der Waals surface area contributed by atoms with Crippen LogP contribution in [0.15, 0.2) is 27.2 Å². The van der Waals surface area contributed by atoms with Crippen LogP contribution in [0.4, 0.5) is 0 Å². The molecule has 4 nitrogen and oxygen atoms in total. The van der Waals surface area contributed by atoms with Gasteiger partial charge in [0.15, 0.2) is 0 Å². The topological polar surface area (TPSA) is 64.9 Å². The van der Waals surface area contributed by atoms with Gasteiger partial charge in [-0.25, -0.2) is 0 Å². The van der Waals surface area contributed by atoms with Crippen LogP contribution >= 0.6 is 15.9 Å². The van der Waals surface area contributed by atoms with Crippen molar-refractivity contribution in [3.63, 3.8) is 0 Å². The van der Waals surface area contributed by atoms with E-state index in [1.807, 2.05) is 39.0 Å². The lowest BCUT2D eigenvalue weighted by molar-refractivity contribution is 0.311. The summed E-state index contributed by atoms with van der Waals surface area (Å²) in [6.45, 7) is 6.45. The van der Waals surface area contributed by atoms with Crippen molar-refractivity contribution in [2.24, 2.45) is 5.73 Å². The summed E-state index contributed by atoms with van der Waals surface area (Å²) < 4.78 is 6.34. The van der Waals surface area contributed by atoms with E-state index in [9.17, 15) is 0 Å². The van der Waals surface area contributed by atoms with Gasteiger partial charge in [0.05, 0.1) is 5.41 Å². The van der Waals surface area contributed by atoms with E-state index in [1.54, 1.807) is 0 Å². The Morgan fingerprint density at radius 2 is 2.11 bits per heavy atom. The number of hydrogen-bond donors (Lipinski definition) is 1. The average Bonchev–Trinajstić information content (AvgIpc) is 2.79. The molecule has 2 aromatic rings. The van der Waals surface area contributed by atoms with E-state index in [4.69, 9.17) is 10.3 Å². The molecule has 0 saturated carbocycles. The predicted octanol–water partition coefficient (Wildman–Crippen LogP) is 3.04. The molecular formula is C13H16BrN3O. The van der Waals surface area contributed by atoms with Crippen molar-refractivity contribution in [2.75, 3.05) is 6.54 Å². The van der Waals surface area contributed by atoms with Crippen molar-refractivity contribution < 1.29 is 4.52 Å². The van der Waals surface area contributed by atoms with E-state index in [0.29, 0.717) is 18.3 Å². The summed E-state index contributed by atoms with van der Waals surface area (Å²) in [6, 6.07) is 5.97. The highest BCUT2D eigenvalue weighted by molar-refractivity contribution is 9.10. The number of aromatic nitrogens is 2. The molecule has 18 heavy (non-hydrogen) atoms. The van der Waals surface area contributed by atoms with Crippen molar-refractivity contribution in [3.05, 3.63) is 34.1 Å². The van der Waals surface area contributed by atoms with Gasteiger partial charge in [-0.05, 0) is 44.5 Å². The maximum atomic E-state index is 5.70. The van der Waals surface area contributed by atoms with Crippen molar-refractivity contribution in [1.82, 2.24) is 10.1 Å². The summed E-state index contributed by atoms with van der Waals surface area (Å²) in [5.41, 5.74) is 7.48. The zero-order valence-corrected chi connectivity index (χ0v) is 12.3. The number of benzene rings is 1. The van der Waals surface area contributed by atoms with Crippen LogP contribution in [0, 0.1) is 6.92 Å². The molecule has 0 atom stereocenters. The zero-order valence-electron chi connectivity index (χ0n) is 10.7. The first-order valence-corrected chi connectivity index (χ1v) is 6.54. The maximum Gasteiger partial charge on any atom is 0.233 e. The van der Waals surface area contributed by atoms with Crippen LogP contribution < -0.4 is 5.73 Å². The molecule has 0 aliphatic carbocycles. The minimum Gasteiger partial charge on any atom is -0.338 e. The van der Waals surface area contributed by atoms with Gasteiger partial charge in [0, 0.05) is 16.6 Å². The van der Waals surface area contributed by atoms with Crippen LogP contribution in [0.5, 0.6) is 0 Å². The molecule has 2 rings (SSSR count). The molecule has 0 saturated heterocycles. The largest absolute Gasteiger partial charge is 0.338 e. The van der Waals surface area contributed by atoms with Crippen molar-refractivity contribution in [1.29, 1.82) is 0 Å². The molecule has 1 aromatic heterocycles. The van der Waals surface area contributed by atoms with Crippen LogP contribution in [0.3, 0.4) is 0 Å². The van der Waals surface area contributed by atoms with Crippen LogP contribution in [-0.2, 0) is 5.41 Å². The summed E-state index contributed by atoms with van der Waals surface area (Å²) in [6.07, 6.45) is 0. The van der Waals surface area contributed by atoms with Gasteiger partial charge in [0.2, 0.25) is 11.7 Å². The van der Waals surface area contributed by atoms with Gasteiger partial charge in [-0.1, -0.05) is 21.1 Å². The fourth-order valence-electron chi connectivity index (χ4n) is 1.57. The first kappa shape index (κ1) is 13.2. The number of rotatable bonds is 3. The molecule has 0 aliphatic rings. The van der Waals surface area contributed by atoms with Gasteiger partial charge in [-0.2, -0.15) is 4.98 Å². The molecule has 0 fully saturated rings. The highest BCUT2D eigenvalue weighted by Gasteiger charge is 2.26. The Morgan fingerprint density at radius 3 is 2.72 bits per heavy atom. The Labute approximate surface area is 115 Å². The van der Waals surface area contributed by atoms with Gasteiger partial charge >= 0.3 is 0 Å². The Morgan fingerprint density at radius 1 is 1.39 bits per heavy atom. The summed E-state index contributed by atoms with van der Waals surface area (Å²) in [4.78, 5) is 4.44. The van der Waals surface area contributed by atoms with Gasteiger partial charge in [-0.15, -0.1) is 0 Å². The van der Waals surface area contributed by atoms with Gasteiger partial charge < -0.3 is 10.3 Å². The van der Waals surface area contributed by atoms with Crippen LogP contribution in [-0.4, -0.2) is 16.7 Å². The molecule has 2 N–H and O–H groups in total. The Bertz CT molecular complexity index is 563. The van der Waals surface area contributed by atoms with Gasteiger partial charge in [0.1, 0.15) is 0 Å². The fourth-order valence-corrected chi connectivity index (χ4v) is 2.05. The van der Waals surface area contributed by atoms with E-state index < -0.39 is 0 Å². The molecule has 96 valence electrons. The second-order valence-corrected chi connectivity index (χ2v) is 5.89. The molecule has 0 unspecified atom stereocenters. The number of hydrogen-bond acceptors (Lipinski definition) is 4. The Hall–Kier alpha value is -1.20. The SMILES string of the molecule is Cc1cc(Br)ccc1-c1noc(C(C)(C)CN)n1. The smallest absolute Gasteiger partial charge is 0.233 e. The maximum absolute atomic E-state index is 5.70. The van der Waals surface area contributed by atoms with Gasteiger partial charge in [-0.3, -0.25) is 0 Å². The van der Waals surface area contributed by atoms with Crippen molar-refractivity contribution in [2.45, 2.75) is 26.2 Å². The quantitative estimate of drug-likeness (QED) is 0.946. The number of nitrogens with zero attached hydrogens (tertiary/aromatic N) is 2. The molecular weight excluding hydrogens is 294 g/mol. The van der Waals surface area contributed by atoms with E-state index in [-0.39, 0.29) is 5.41 Å². The standard InChI is InChI=1S/C13H16BrN3O/c1-8-6-9(14)4-5-10(8)11-16-12(18-17-11)13(2,3)7-15/h4-6H,7,15H2,1-3H3. The number of nitrogens with two attached hydrogens (primary N) is 1. The minimum absolute atomic E-state index is 0.297. The highest BCUT2D eigenvalue weighted by Crippen LogP contribution is 2.27. The molecule has 0 bridgehead atoms. The van der Waals surface area contributed by atoms with Crippen LogP contribution in [0.2, 0.25) is 0 Å². The zero-order chi connectivity index (χ0) is 13.3. The van der Waals surface area contributed by atoms with Crippen LogP contribution in [0.1, 0.15) is 25.3 Å². The first-order chi connectivity index (χ1) is 8.44. The lowest BCUT2D eigenvalue weighted by atomic mass is 9.94. The normalized spacial score (nSPS) is 11.8. The third-order valence-electron chi connectivity index (χ3n) is 2.94. The third kappa shape index (κ3) is 2.47. The summed E-state index contributed by atoms with van der Waals surface area (Å²) in [5.74, 6) is 1.18. The minimum atomic E-state index is -0.297. The second-order valence-electron chi connectivity index (χ2n) is 4.97. The summed E-state index contributed by atoms with van der Waals surface area (Å²) >= 11 is 3.44. The van der Waals surface area contributed by atoms with E-state index in [2.05, 4.69) is 26.1 Å². The lowest BCUT2D eigenvalue weighted by Crippen LogP contribution is -2.28. The molecule has 0 aliphatic heterocycles. The molecule has 0 amide bonds. The monoisotopic (exact) mass is 309 g/mol. The van der Waals surface area contributed by atoms with Crippen molar-refractivity contribution in [3.8, 4) is 11.4 Å². The summed E-state index contributed by atoms with van der Waals surface area (Å²) in [7, 11) is 0. The van der Waals surface area contributed by atoms with E-state index >= 15 is 0 Å². The number of aryl methyl sites for hydroxylation is 1. The Balaban J connectivity index is 2.41. The van der Waals surface area contributed by atoms with Crippen LogP contribution in [0.25, 0.3) is 11.4 Å². The molecule has 1 aromatic carbocycles. The Kier molecular flexibility index (Phi) is 3.54. The predicted molar refractivity (Wildman–Crippen MR) is 74.3 cm³/mol. The average molecular weight is 310 g/mol. The summed E-state index contributed by atoms with van der Waals surface area (Å²) in [5, 5.41) is 4.03. The molecule has 0 spiro atoms. The van der Waals surface area contributed by atoms with Gasteiger partial charge in [0.25, 0.3) is 0 Å². The molecule has 5 heteroatoms. The third-order valence-corrected chi connectivity index (χ3v) is 3.44. The second kappa shape index (κ2) is 4.82. The lowest BCUT2D eigenvalue weighted by Gasteiger charge is -2.15. The number of halogens is 1. The van der Waals surface area contributed by atoms with E-state index in [0.717, 1.165) is 15.6 Å². The van der Waals surface area contributed by atoms with Crippen molar-refractivity contribution >= 4 is 15.9 Å². The molecule has 1 heterocycles. The first-order valence-electron chi connectivity index (χ1n) is 5.75. The highest BCUT2D eigenvalue weighted by atomic mass is 79.9.